The molecular weight excluding hydrogens is 225 g/mol. The lowest BCUT2D eigenvalue weighted by molar-refractivity contribution is 0.496. The molecule has 0 aromatic rings. The predicted molar refractivity (Wildman–Crippen MR) is 53.8 cm³/mol. The van der Waals surface area contributed by atoms with Gasteiger partial charge in [0.05, 0.1) is 0 Å². The molecule has 1 heterocycles. The lowest BCUT2D eigenvalue weighted by atomic mass is 10.6. The molecular formula is C7H12IN. The Morgan fingerprint density at radius 3 is 2.22 bits per heavy atom. The SMILES string of the molecule is CN(C)CI1=CC=CC=1. The smallest absolute Gasteiger partial charge is 0.0410 e. The maximum Gasteiger partial charge on any atom is 0.0410 e. The molecule has 0 atom stereocenters. The largest absolute Gasteiger partial charge is 0.301 e. The van der Waals surface area contributed by atoms with Crippen molar-refractivity contribution in [1.82, 2.24) is 4.90 Å². The highest BCUT2D eigenvalue weighted by Gasteiger charge is 1.87. The van der Waals surface area contributed by atoms with Crippen LogP contribution in [0.2, 0.25) is 0 Å². The average molecular weight is 237 g/mol. The van der Waals surface area contributed by atoms with Gasteiger partial charge in [-0.15, -0.1) is 18.9 Å². The van der Waals surface area contributed by atoms with E-state index < -0.39 is 18.9 Å². The van der Waals surface area contributed by atoms with Gasteiger partial charge in [0.1, 0.15) is 0 Å². The number of rotatable bonds is 2. The first kappa shape index (κ1) is 7.28. The molecule has 0 spiro atoms. The Balaban J connectivity index is 2.47. The quantitative estimate of drug-likeness (QED) is 0.396. The van der Waals surface area contributed by atoms with Gasteiger partial charge in [0.2, 0.25) is 0 Å². The van der Waals surface area contributed by atoms with E-state index in [2.05, 4.69) is 39.2 Å². The Labute approximate surface area is 62.7 Å². The molecule has 0 unspecified atom stereocenters. The number of halogens is 1. The second kappa shape index (κ2) is 3.37. The summed E-state index contributed by atoms with van der Waals surface area (Å²) < 4.78 is 6.05. The standard InChI is InChI=1S/C7H12IN/c1-9(2)7-8-5-3-4-6-8/h3-6H,7H2,1-2H3. The van der Waals surface area contributed by atoms with Crippen LogP contribution in [0, 0.1) is 0 Å². The van der Waals surface area contributed by atoms with E-state index in [9.17, 15) is 0 Å². The van der Waals surface area contributed by atoms with Crippen LogP contribution in [0.25, 0.3) is 0 Å². The minimum atomic E-state index is -0.731. The first-order valence-electron chi connectivity index (χ1n) is 2.91. The predicted octanol–water partition coefficient (Wildman–Crippen LogP) is 1.19. The van der Waals surface area contributed by atoms with Crippen molar-refractivity contribution >= 4 is 26.9 Å². The number of nitrogens with zero attached hydrogens (tertiary/aromatic N) is 1. The summed E-state index contributed by atoms with van der Waals surface area (Å²) in [7, 11) is 4.27. The summed E-state index contributed by atoms with van der Waals surface area (Å²) in [6.07, 6.45) is 4.35. The van der Waals surface area contributed by atoms with Gasteiger partial charge in [-0.3, -0.25) is 0 Å². The van der Waals surface area contributed by atoms with Crippen molar-refractivity contribution in [3.63, 3.8) is 0 Å². The van der Waals surface area contributed by atoms with E-state index >= 15 is 0 Å². The molecule has 1 aliphatic heterocycles. The highest BCUT2D eigenvalue weighted by Crippen LogP contribution is 2.12. The summed E-state index contributed by atoms with van der Waals surface area (Å²) in [5.41, 5.74) is 0. The third-order valence-corrected chi connectivity index (χ3v) is 5.79. The second-order valence-electron chi connectivity index (χ2n) is 2.27. The maximum absolute atomic E-state index is 2.38. The summed E-state index contributed by atoms with van der Waals surface area (Å²) in [5.74, 6) is 0. The maximum atomic E-state index is 2.38. The molecule has 1 nitrogen and oxygen atoms in total. The molecule has 0 aromatic carbocycles. The van der Waals surface area contributed by atoms with Gasteiger partial charge < -0.3 is 4.90 Å². The molecule has 0 saturated heterocycles. The Morgan fingerprint density at radius 1 is 1.22 bits per heavy atom. The van der Waals surface area contributed by atoms with Gasteiger partial charge in [-0.05, 0) is 22.1 Å². The number of hydrogen-bond acceptors (Lipinski definition) is 1. The zero-order valence-electron chi connectivity index (χ0n) is 5.84. The topological polar surface area (TPSA) is 3.24 Å². The van der Waals surface area contributed by atoms with Crippen LogP contribution >= 0.6 is 18.9 Å². The number of hydrogen-bond donors (Lipinski definition) is 0. The molecule has 0 amide bonds. The van der Waals surface area contributed by atoms with Gasteiger partial charge in [-0.2, -0.15) is 0 Å². The lowest BCUT2D eigenvalue weighted by Gasteiger charge is -2.04. The van der Waals surface area contributed by atoms with Crippen molar-refractivity contribution in [3.05, 3.63) is 12.2 Å². The molecule has 9 heavy (non-hydrogen) atoms. The minimum Gasteiger partial charge on any atom is -0.301 e. The highest BCUT2D eigenvalue weighted by molar-refractivity contribution is 14.2. The Bertz CT molecular complexity index is 181. The van der Waals surface area contributed by atoms with Crippen LogP contribution in [0.3, 0.4) is 0 Å². The fraction of sp³-hybridized carbons (Fsp3) is 0.429. The first-order chi connectivity index (χ1) is 4.29. The fourth-order valence-electron chi connectivity index (χ4n) is 0.669. The normalized spacial score (nSPS) is 18.1. The molecule has 2 heteroatoms. The summed E-state index contributed by atoms with van der Waals surface area (Å²) >= 11 is -0.731. The van der Waals surface area contributed by atoms with E-state index in [0.717, 1.165) is 0 Å². The zero-order valence-corrected chi connectivity index (χ0v) is 8.00. The van der Waals surface area contributed by atoms with Crippen molar-refractivity contribution in [2.24, 2.45) is 0 Å². The lowest BCUT2D eigenvalue weighted by Crippen LogP contribution is -2.08. The van der Waals surface area contributed by atoms with E-state index in [1.54, 1.807) is 0 Å². The Hall–Kier alpha value is 0.170. The zero-order chi connectivity index (χ0) is 6.69. The molecule has 0 bridgehead atoms. The summed E-state index contributed by atoms with van der Waals surface area (Å²) in [5, 5.41) is 0. The summed E-state index contributed by atoms with van der Waals surface area (Å²) in [6, 6.07) is 0. The molecule has 0 fully saturated rings. The van der Waals surface area contributed by atoms with Crippen LogP contribution in [-0.2, 0) is 0 Å². The number of alkyl halides is 1. The summed E-state index contributed by atoms with van der Waals surface area (Å²) in [6.45, 7) is 0. The minimum absolute atomic E-state index is 0.731. The summed E-state index contributed by atoms with van der Waals surface area (Å²) in [4.78, 5) is 2.27. The van der Waals surface area contributed by atoms with Gasteiger partial charge in [0.15, 0.2) is 0 Å². The highest BCUT2D eigenvalue weighted by atomic mass is 127. The third kappa shape index (κ3) is 2.49. The van der Waals surface area contributed by atoms with E-state index in [-0.39, 0.29) is 0 Å². The van der Waals surface area contributed by atoms with E-state index in [0.29, 0.717) is 0 Å². The molecule has 1 aliphatic rings. The fourth-order valence-corrected chi connectivity index (χ4v) is 4.48. The van der Waals surface area contributed by atoms with Crippen molar-refractivity contribution in [2.45, 2.75) is 0 Å². The monoisotopic (exact) mass is 237 g/mol. The molecule has 52 valence electrons. The molecule has 0 N–H and O–H groups in total. The molecule has 0 saturated carbocycles. The number of allylic oxidation sites excluding steroid dienone is 2. The van der Waals surface area contributed by atoms with E-state index in [4.69, 9.17) is 0 Å². The van der Waals surface area contributed by atoms with E-state index in [1.165, 1.54) is 4.55 Å². The van der Waals surface area contributed by atoms with Crippen LogP contribution in [-0.4, -0.2) is 31.6 Å². The van der Waals surface area contributed by atoms with Gasteiger partial charge in [-0.25, -0.2) is 0 Å². The third-order valence-electron chi connectivity index (χ3n) is 0.957. The van der Waals surface area contributed by atoms with Gasteiger partial charge in [0, 0.05) is 4.55 Å². The van der Waals surface area contributed by atoms with Gasteiger partial charge >= 0.3 is 0 Å². The molecule has 0 radical (unpaired) electrons. The van der Waals surface area contributed by atoms with Crippen molar-refractivity contribution in [1.29, 1.82) is 0 Å². The van der Waals surface area contributed by atoms with Crippen LogP contribution in [0.5, 0.6) is 0 Å². The second-order valence-corrected chi connectivity index (χ2v) is 6.87. The van der Waals surface area contributed by atoms with Crippen LogP contribution in [0.1, 0.15) is 0 Å². The van der Waals surface area contributed by atoms with Crippen molar-refractivity contribution in [3.8, 4) is 0 Å². The van der Waals surface area contributed by atoms with Gasteiger partial charge in [0.25, 0.3) is 0 Å². The van der Waals surface area contributed by atoms with Crippen LogP contribution < -0.4 is 0 Å². The van der Waals surface area contributed by atoms with Crippen LogP contribution in [0.4, 0.5) is 0 Å². The van der Waals surface area contributed by atoms with Crippen molar-refractivity contribution in [2.75, 3.05) is 18.6 Å². The Morgan fingerprint density at radius 2 is 1.78 bits per heavy atom. The van der Waals surface area contributed by atoms with Gasteiger partial charge in [-0.1, -0.05) is 12.2 Å². The molecule has 0 aromatic heterocycles. The van der Waals surface area contributed by atoms with E-state index in [1.807, 2.05) is 0 Å². The van der Waals surface area contributed by atoms with Crippen molar-refractivity contribution < 1.29 is 0 Å². The first-order valence-corrected chi connectivity index (χ1v) is 6.93. The molecule has 0 aliphatic carbocycles. The van der Waals surface area contributed by atoms with Crippen LogP contribution in [0.15, 0.2) is 12.2 Å². The Kier molecular flexibility index (Phi) is 2.72. The molecule has 1 rings (SSSR count). The average Bonchev–Trinajstić information content (AvgIpc) is 2.15.